The highest BCUT2D eigenvalue weighted by Crippen LogP contribution is 2.23. The summed E-state index contributed by atoms with van der Waals surface area (Å²) in [5, 5.41) is 3.89. The third-order valence-corrected chi connectivity index (χ3v) is 3.55. The molecule has 1 fully saturated rings. The van der Waals surface area contributed by atoms with Crippen LogP contribution in [0.3, 0.4) is 0 Å². The minimum absolute atomic E-state index is 0.0219. The molecule has 0 spiro atoms. The van der Waals surface area contributed by atoms with Crippen molar-refractivity contribution in [2.75, 3.05) is 25.5 Å². The Labute approximate surface area is 117 Å². The molecular formula is C13H16Cl2N2O. The molecule has 1 aromatic carbocycles. The molecule has 0 saturated carbocycles. The second kappa shape index (κ2) is 5.91. The van der Waals surface area contributed by atoms with E-state index in [4.69, 9.17) is 23.2 Å². The van der Waals surface area contributed by atoms with Gasteiger partial charge in [0.2, 0.25) is 5.91 Å². The summed E-state index contributed by atoms with van der Waals surface area (Å²) >= 11 is 11.8. The molecule has 1 aromatic rings. The molecule has 5 heteroatoms. The van der Waals surface area contributed by atoms with Gasteiger partial charge < -0.3 is 10.2 Å². The van der Waals surface area contributed by atoms with Crippen molar-refractivity contribution in [2.24, 2.45) is 5.92 Å². The van der Waals surface area contributed by atoms with Gasteiger partial charge in [-0.25, -0.2) is 0 Å². The van der Waals surface area contributed by atoms with E-state index >= 15 is 0 Å². The Morgan fingerprint density at radius 1 is 1.39 bits per heavy atom. The molecule has 0 bridgehead atoms. The maximum absolute atomic E-state index is 11.9. The lowest BCUT2D eigenvalue weighted by Crippen LogP contribution is -2.19. The van der Waals surface area contributed by atoms with E-state index in [0.717, 1.165) is 19.5 Å². The third-order valence-electron chi connectivity index (χ3n) is 3.11. The molecule has 0 radical (unpaired) electrons. The Bertz CT molecular complexity index is 430. The van der Waals surface area contributed by atoms with Gasteiger partial charge in [-0.15, -0.1) is 0 Å². The average molecular weight is 287 g/mol. The van der Waals surface area contributed by atoms with Gasteiger partial charge in [-0.3, -0.25) is 4.79 Å². The lowest BCUT2D eigenvalue weighted by Gasteiger charge is -2.11. The van der Waals surface area contributed by atoms with Crippen molar-refractivity contribution in [3.8, 4) is 0 Å². The monoisotopic (exact) mass is 286 g/mol. The zero-order chi connectivity index (χ0) is 13.1. The normalized spacial score (nSPS) is 20.1. The van der Waals surface area contributed by atoms with Crippen molar-refractivity contribution in [3.63, 3.8) is 0 Å². The van der Waals surface area contributed by atoms with Crippen molar-refractivity contribution < 1.29 is 4.79 Å². The molecular weight excluding hydrogens is 271 g/mol. The smallest absolute Gasteiger partial charge is 0.224 e. The van der Waals surface area contributed by atoms with Crippen LogP contribution in [0.15, 0.2) is 18.2 Å². The number of likely N-dealkylation sites (tertiary alicyclic amines) is 1. The van der Waals surface area contributed by atoms with Crippen LogP contribution in [0.25, 0.3) is 0 Å². The van der Waals surface area contributed by atoms with E-state index in [2.05, 4.69) is 17.3 Å². The molecule has 1 heterocycles. The summed E-state index contributed by atoms with van der Waals surface area (Å²) in [4.78, 5) is 14.1. The van der Waals surface area contributed by atoms with E-state index in [-0.39, 0.29) is 5.91 Å². The number of nitrogens with zero attached hydrogens (tertiary/aromatic N) is 1. The molecule has 18 heavy (non-hydrogen) atoms. The van der Waals surface area contributed by atoms with Gasteiger partial charge in [0.15, 0.2) is 0 Å². The van der Waals surface area contributed by atoms with Crippen LogP contribution in [0.4, 0.5) is 5.69 Å². The van der Waals surface area contributed by atoms with E-state index in [1.54, 1.807) is 18.2 Å². The van der Waals surface area contributed by atoms with Crippen LogP contribution in [0.2, 0.25) is 10.0 Å². The standard InChI is InChI=1S/C13H16Cl2N2O/c1-17-3-2-9(8-17)4-13(18)16-12-6-10(14)5-11(15)7-12/h5-7,9H,2-4,8H2,1H3,(H,16,18). The van der Waals surface area contributed by atoms with E-state index in [1.165, 1.54) is 0 Å². The first-order valence-electron chi connectivity index (χ1n) is 5.97. The Kier molecular flexibility index (Phi) is 4.49. The Balaban J connectivity index is 1.90. The summed E-state index contributed by atoms with van der Waals surface area (Å²) in [6.07, 6.45) is 1.63. The molecule has 0 aromatic heterocycles. The highest BCUT2D eigenvalue weighted by Gasteiger charge is 2.22. The minimum atomic E-state index is 0.0219. The largest absolute Gasteiger partial charge is 0.326 e. The fourth-order valence-corrected chi connectivity index (χ4v) is 2.82. The van der Waals surface area contributed by atoms with Crippen molar-refractivity contribution in [1.82, 2.24) is 4.90 Å². The topological polar surface area (TPSA) is 32.3 Å². The minimum Gasteiger partial charge on any atom is -0.326 e. The van der Waals surface area contributed by atoms with E-state index < -0.39 is 0 Å². The van der Waals surface area contributed by atoms with Crippen LogP contribution in [0, 0.1) is 5.92 Å². The van der Waals surface area contributed by atoms with Crippen LogP contribution in [-0.2, 0) is 4.79 Å². The van der Waals surface area contributed by atoms with Crippen molar-refractivity contribution in [3.05, 3.63) is 28.2 Å². The summed E-state index contributed by atoms with van der Waals surface area (Å²) in [6.45, 7) is 2.06. The fourth-order valence-electron chi connectivity index (χ4n) is 2.29. The maximum Gasteiger partial charge on any atom is 0.224 e. The van der Waals surface area contributed by atoms with E-state index in [0.29, 0.717) is 28.1 Å². The van der Waals surface area contributed by atoms with Gasteiger partial charge in [-0.2, -0.15) is 0 Å². The van der Waals surface area contributed by atoms with Crippen molar-refractivity contribution >= 4 is 34.8 Å². The summed E-state index contributed by atoms with van der Waals surface area (Å²) in [7, 11) is 2.08. The first-order chi connectivity index (χ1) is 8.52. The predicted molar refractivity (Wildman–Crippen MR) is 75.3 cm³/mol. The number of carbonyl (C=O) groups excluding carboxylic acids is 1. The molecule has 98 valence electrons. The summed E-state index contributed by atoms with van der Waals surface area (Å²) in [5.74, 6) is 0.471. The summed E-state index contributed by atoms with van der Waals surface area (Å²) < 4.78 is 0. The van der Waals surface area contributed by atoms with Gasteiger partial charge in [0, 0.05) is 28.7 Å². The fraction of sp³-hybridized carbons (Fsp3) is 0.462. The third kappa shape index (κ3) is 3.87. The average Bonchev–Trinajstić information content (AvgIpc) is 2.61. The number of hydrogen-bond acceptors (Lipinski definition) is 2. The zero-order valence-electron chi connectivity index (χ0n) is 10.2. The number of rotatable bonds is 3. The molecule has 0 aliphatic carbocycles. The first kappa shape index (κ1) is 13.7. The number of nitrogens with one attached hydrogen (secondary N) is 1. The van der Waals surface area contributed by atoms with E-state index in [9.17, 15) is 4.79 Å². The second-order valence-electron chi connectivity index (χ2n) is 4.83. The lowest BCUT2D eigenvalue weighted by molar-refractivity contribution is -0.117. The highest BCUT2D eigenvalue weighted by atomic mass is 35.5. The molecule has 1 aliphatic heterocycles. The SMILES string of the molecule is CN1CCC(CC(=O)Nc2cc(Cl)cc(Cl)c2)C1. The molecule has 1 amide bonds. The predicted octanol–water partition coefficient (Wildman–Crippen LogP) is 3.27. The Hall–Kier alpha value is -0.770. The molecule has 1 saturated heterocycles. The summed E-state index contributed by atoms with van der Waals surface area (Å²) in [6, 6.07) is 5.04. The van der Waals surface area contributed by atoms with Crippen molar-refractivity contribution in [2.45, 2.75) is 12.8 Å². The molecule has 1 aliphatic rings. The van der Waals surface area contributed by atoms with Gasteiger partial charge in [0.1, 0.15) is 0 Å². The quantitative estimate of drug-likeness (QED) is 0.925. The summed E-state index contributed by atoms with van der Waals surface area (Å²) in [5.41, 5.74) is 0.656. The Morgan fingerprint density at radius 2 is 2.06 bits per heavy atom. The van der Waals surface area contributed by atoms with Crippen LogP contribution in [0.5, 0.6) is 0 Å². The number of carbonyl (C=O) groups is 1. The van der Waals surface area contributed by atoms with Crippen LogP contribution in [-0.4, -0.2) is 30.9 Å². The van der Waals surface area contributed by atoms with E-state index in [1.807, 2.05) is 0 Å². The molecule has 1 unspecified atom stereocenters. The molecule has 1 N–H and O–H groups in total. The van der Waals surface area contributed by atoms with Gasteiger partial charge in [0.25, 0.3) is 0 Å². The maximum atomic E-state index is 11.9. The van der Waals surface area contributed by atoms with Crippen LogP contribution in [0.1, 0.15) is 12.8 Å². The van der Waals surface area contributed by atoms with Crippen molar-refractivity contribution in [1.29, 1.82) is 0 Å². The van der Waals surface area contributed by atoms with Gasteiger partial charge >= 0.3 is 0 Å². The molecule has 3 nitrogen and oxygen atoms in total. The molecule has 1 atom stereocenters. The van der Waals surface area contributed by atoms with Gasteiger partial charge in [0.05, 0.1) is 0 Å². The van der Waals surface area contributed by atoms with Crippen LogP contribution >= 0.6 is 23.2 Å². The van der Waals surface area contributed by atoms with Crippen LogP contribution < -0.4 is 5.32 Å². The lowest BCUT2D eigenvalue weighted by atomic mass is 10.0. The number of anilines is 1. The Morgan fingerprint density at radius 3 is 2.61 bits per heavy atom. The number of benzene rings is 1. The molecule has 2 rings (SSSR count). The zero-order valence-corrected chi connectivity index (χ0v) is 11.8. The van der Waals surface area contributed by atoms with Gasteiger partial charge in [-0.05, 0) is 44.1 Å². The highest BCUT2D eigenvalue weighted by molar-refractivity contribution is 6.35. The number of amides is 1. The number of hydrogen-bond donors (Lipinski definition) is 1. The second-order valence-corrected chi connectivity index (χ2v) is 5.70. The van der Waals surface area contributed by atoms with Gasteiger partial charge in [-0.1, -0.05) is 23.2 Å². The number of halogens is 2. The first-order valence-corrected chi connectivity index (χ1v) is 6.73.